The van der Waals surface area contributed by atoms with Gasteiger partial charge in [0.05, 0.1) is 12.5 Å². The van der Waals surface area contributed by atoms with E-state index >= 15 is 0 Å². The number of nitrogens with zero attached hydrogens (tertiary/aromatic N) is 3. The molecular formula is C14H18N6O2. The molecule has 2 bridgehead atoms. The number of rotatable bonds is 4. The second-order valence-corrected chi connectivity index (χ2v) is 6.32. The van der Waals surface area contributed by atoms with E-state index in [4.69, 9.17) is 0 Å². The fourth-order valence-electron chi connectivity index (χ4n) is 4.36. The summed E-state index contributed by atoms with van der Waals surface area (Å²) >= 11 is 0. The van der Waals surface area contributed by atoms with Crippen molar-refractivity contribution in [3.05, 3.63) is 34.3 Å². The molecule has 8 nitrogen and oxygen atoms in total. The van der Waals surface area contributed by atoms with Crippen LogP contribution in [-0.2, 0) is 23.8 Å². The number of carbonyl (C=O) groups is 1. The van der Waals surface area contributed by atoms with Gasteiger partial charge in [0.2, 0.25) is 5.91 Å². The summed E-state index contributed by atoms with van der Waals surface area (Å²) in [6.07, 6.45) is 4.97. The predicted molar refractivity (Wildman–Crippen MR) is 76.8 cm³/mol. The van der Waals surface area contributed by atoms with E-state index in [1.54, 1.807) is 6.20 Å². The van der Waals surface area contributed by atoms with Gasteiger partial charge in [-0.1, -0.05) is 0 Å². The van der Waals surface area contributed by atoms with Gasteiger partial charge in [-0.15, -0.1) is 0 Å². The minimum Gasteiger partial charge on any atom is -0.349 e. The Bertz CT molecular complexity index is 770. The quantitative estimate of drug-likeness (QED) is 0.727. The van der Waals surface area contributed by atoms with Crippen LogP contribution in [0.15, 0.2) is 17.1 Å². The SMILES string of the molecule is Cn1nccc1C12CCC(C1)C2C(=O)NCc1n[nH]c(=O)[nH]1. The Morgan fingerprint density at radius 3 is 3.09 bits per heavy atom. The monoisotopic (exact) mass is 302 g/mol. The lowest BCUT2D eigenvalue weighted by Crippen LogP contribution is -2.53. The summed E-state index contributed by atoms with van der Waals surface area (Å²) in [5.74, 6) is 0.931. The van der Waals surface area contributed by atoms with E-state index in [-0.39, 0.29) is 29.5 Å². The molecule has 8 heteroatoms. The fourth-order valence-corrected chi connectivity index (χ4v) is 4.36. The highest BCUT2D eigenvalue weighted by Gasteiger charge is 2.63. The zero-order valence-electron chi connectivity index (χ0n) is 12.3. The maximum absolute atomic E-state index is 12.6. The minimum atomic E-state index is -0.362. The van der Waals surface area contributed by atoms with Gasteiger partial charge in [-0.25, -0.2) is 9.89 Å². The van der Waals surface area contributed by atoms with Crippen LogP contribution in [0.4, 0.5) is 0 Å². The number of hydrogen-bond donors (Lipinski definition) is 3. The van der Waals surface area contributed by atoms with Gasteiger partial charge in [-0.05, 0) is 31.2 Å². The molecule has 116 valence electrons. The molecule has 0 aliphatic heterocycles. The minimum absolute atomic E-state index is 0.00596. The summed E-state index contributed by atoms with van der Waals surface area (Å²) in [4.78, 5) is 26.1. The van der Waals surface area contributed by atoms with Crippen LogP contribution >= 0.6 is 0 Å². The third-order valence-corrected chi connectivity index (χ3v) is 5.25. The Labute approximate surface area is 126 Å². The standard InChI is InChI=1S/C14H18N6O2/c1-20-9(3-5-16-20)14-4-2-8(6-14)11(14)12(21)15-7-10-17-13(22)19-18-10/h3,5,8,11H,2,4,6-7H2,1H3,(H,15,21)(H2,17,18,19,22). The van der Waals surface area contributed by atoms with Crippen molar-refractivity contribution in [3.63, 3.8) is 0 Å². The predicted octanol–water partition coefficient (Wildman–Crippen LogP) is -0.184. The third-order valence-electron chi connectivity index (χ3n) is 5.25. The normalized spacial score (nSPS) is 29.3. The van der Waals surface area contributed by atoms with Crippen LogP contribution in [0, 0.1) is 11.8 Å². The molecule has 3 unspecified atom stereocenters. The molecule has 3 fully saturated rings. The Balaban J connectivity index is 1.51. The number of aryl methyl sites for hydroxylation is 1. The van der Waals surface area contributed by atoms with Gasteiger partial charge in [0.25, 0.3) is 0 Å². The van der Waals surface area contributed by atoms with E-state index in [0.717, 1.165) is 25.0 Å². The molecule has 0 radical (unpaired) electrons. The largest absolute Gasteiger partial charge is 0.349 e. The summed E-state index contributed by atoms with van der Waals surface area (Å²) < 4.78 is 1.88. The summed E-state index contributed by atoms with van der Waals surface area (Å²) in [5.41, 5.74) is 0.716. The number of aromatic amines is 2. The van der Waals surface area contributed by atoms with Gasteiger partial charge in [-0.3, -0.25) is 14.5 Å². The molecule has 2 aromatic rings. The highest BCUT2D eigenvalue weighted by Crippen LogP contribution is 2.63. The van der Waals surface area contributed by atoms with Gasteiger partial charge in [0.1, 0.15) is 5.82 Å². The molecule has 3 saturated carbocycles. The zero-order valence-corrected chi connectivity index (χ0v) is 12.3. The summed E-state index contributed by atoms with van der Waals surface area (Å²) in [6, 6.07) is 2.02. The lowest BCUT2D eigenvalue weighted by molar-refractivity contribution is -0.133. The van der Waals surface area contributed by atoms with Gasteiger partial charge in [0, 0.05) is 24.4 Å². The highest BCUT2D eigenvalue weighted by atomic mass is 16.2. The Kier molecular flexibility index (Phi) is 2.75. The number of H-pyrrole nitrogens is 2. The summed E-state index contributed by atoms with van der Waals surface area (Å²) in [7, 11) is 1.93. The number of nitrogens with one attached hydrogen (secondary N) is 3. The van der Waals surface area contributed by atoms with Crippen LogP contribution < -0.4 is 11.0 Å². The highest BCUT2D eigenvalue weighted by molar-refractivity contribution is 5.82. The molecule has 2 heterocycles. The lowest BCUT2D eigenvalue weighted by atomic mass is 9.58. The maximum atomic E-state index is 12.6. The third kappa shape index (κ3) is 1.76. The van der Waals surface area contributed by atoms with Gasteiger partial charge < -0.3 is 5.32 Å². The van der Waals surface area contributed by atoms with E-state index < -0.39 is 0 Å². The van der Waals surface area contributed by atoms with Crippen molar-refractivity contribution >= 4 is 5.91 Å². The average Bonchev–Trinajstić information content (AvgIpc) is 3.19. The van der Waals surface area contributed by atoms with Crippen LogP contribution in [0.3, 0.4) is 0 Å². The van der Waals surface area contributed by atoms with Crippen LogP contribution in [0.5, 0.6) is 0 Å². The Morgan fingerprint density at radius 1 is 1.59 bits per heavy atom. The molecule has 3 aliphatic rings. The first-order chi connectivity index (χ1) is 10.6. The van der Waals surface area contributed by atoms with Crippen molar-refractivity contribution in [3.8, 4) is 0 Å². The number of fused-ring (bicyclic) bond motifs is 1. The van der Waals surface area contributed by atoms with Crippen molar-refractivity contribution in [1.82, 2.24) is 30.3 Å². The average molecular weight is 302 g/mol. The number of hydrogen-bond acceptors (Lipinski definition) is 4. The molecule has 0 spiro atoms. The second kappa shape index (κ2) is 4.56. The molecule has 3 atom stereocenters. The van der Waals surface area contributed by atoms with Crippen LogP contribution in [0.1, 0.15) is 30.8 Å². The first-order valence-corrected chi connectivity index (χ1v) is 7.50. The first-order valence-electron chi connectivity index (χ1n) is 7.50. The van der Waals surface area contributed by atoms with Crippen molar-refractivity contribution in [2.45, 2.75) is 31.2 Å². The molecule has 0 saturated heterocycles. The maximum Gasteiger partial charge on any atom is 0.340 e. The molecule has 2 aromatic heterocycles. The molecule has 0 aromatic carbocycles. The smallest absolute Gasteiger partial charge is 0.340 e. The van der Waals surface area contributed by atoms with Gasteiger partial charge in [-0.2, -0.15) is 10.2 Å². The molecule has 22 heavy (non-hydrogen) atoms. The number of amides is 1. The Morgan fingerprint density at radius 2 is 2.45 bits per heavy atom. The van der Waals surface area contributed by atoms with E-state index in [2.05, 4.69) is 25.6 Å². The number of carbonyl (C=O) groups excluding carboxylic acids is 1. The molecule has 5 rings (SSSR count). The van der Waals surface area contributed by atoms with Crippen LogP contribution in [0.2, 0.25) is 0 Å². The summed E-state index contributed by atoms with van der Waals surface area (Å²) in [5, 5.41) is 13.2. The van der Waals surface area contributed by atoms with Crippen LogP contribution in [-0.4, -0.2) is 30.9 Å². The Hall–Kier alpha value is -2.38. The van der Waals surface area contributed by atoms with Gasteiger partial charge >= 0.3 is 5.69 Å². The van der Waals surface area contributed by atoms with Crippen LogP contribution in [0.25, 0.3) is 0 Å². The van der Waals surface area contributed by atoms with E-state index in [0.29, 0.717) is 11.7 Å². The van der Waals surface area contributed by atoms with E-state index in [1.165, 1.54) is 0 Å². The summed E-state index contributed by atoms with van der Waals surface area (Å²) in [6.45, 7) is 0.238. The first kappa shape index (κ1) is 13.3. The molecule has 3 aliphatic carbocycles. The number of aromatic nitrogens is 5. The molecule has 1 amide bonds. The zero-order chi connectivity index (χ0) is 15.3. The van der Waals surface area contributed by atoms with Crippen molar-refractivity contribution in [2.24, 2.45) is 18.9 Å². The molecule has 3 N–H and O–H groups in total. The molecular weight excluding hydrogens is 284 g/mol. The topological polar surface area (TPSA) is 108 Å². The second-order valence-electron chi connectivity index (χ2n) is 6.32. The van der Waals surface area contributed by atoms with Crippen molar-refractivity contribution < 1.29 is 4.79 Å². The van der Waals surface area contributed by atoms with E-state index in [9.17, 15) is 9.59 Å². The lowest BCUT2D eigenvalue weighted by Gasteiger charge is -2.46. The van der Waals surface area contributed by atoms with Gasteiger partial charge in [0.15, 0.2) is 0 Å². The van der Waals surface area contributed by atoms with E-state index in [1.807, 2.05) is 17.8 Å². The fraction of sp³-hybridized carbons (Fsp3) is 0.571. The van der Waals surface area contributed by atoms with Crippen molar-refractivity contribution in [2.75, 3.05) is 0 Å². The van der Waals surface area contributed by atoms with Crippen molar-refractivity contribution in [1.29, 1.82) is 0 Å².